The molecule has 158 valence electrons. The van der Waals surface area contributed by atoms with Crippen molar-refractivity contribution in [2.24, 2.45) is 0 Å². The molecule has 1 N–H and O–H groups in total. The van der Waals surface area contributed by atoms with Gasteiger partial charge in [-0.2, -0.15) is 0 Å². The van der Waals surface area contributed by atoms with Gasteiger partial charge >= 0.3 is 0 Å². The molecule has 1 saturated heterocycles. The van der Waals surface area contributed by atoms with E-state index in [1.807, 2.05) is 0 Å². The van der Waals surface area contributed by atoms with E-state index in [2.05, 4.69) is 9.97 Å². The largest absolute Gasteiger partial charge is 0.341 e. The SMILES string of the molecule is CS(=O)(=O)N1CCCN(C(=O)CCc2nc3sc4c(c3c(=O)[nH]2)CCCC4)CC1. The van der Waals surface area contributed by atoms with Crippen molar-refractivity contribution in [3.63, 3.8) is 0 Å². The van der Waals surface area contributed by atoms with Crippen molar-refractivity contribution in [3.05, 3.63) is 26.6 Å². The lowest BCUT2D eigenvalue weighted by atomic mass is 9.97. The number of hydrogen-bond donors (Lipinski definition) is 1. The van der Waals surface area contributed by atoms with Gasteiger partial charge in [-0.25, -0.2) is 17.7 Å². The Hall–Kier alpha value is -1.78. The minimum Gasteiger partial charge on any atom is -0.341 e. The minimum absolute atomic E-state index is 0.0337. The van der Waals surface area contributed by atoms with Gasteiger partial charge in [-0.15, -0.1) is 11.3 Å². The lowest BCUT2D eigenvalue weighted by Crippen LogP contribution is -2.37. The van der Waals surface area contributed by atoms with Crippen LogP contribution in [0.25, 0.3) is 10.2 Å². The van der Waals surface area contributed by atoms with Crippen LogP contribution in [0, 0.1) is 0 Å². The Kier molecular flexibility index (Phi) is 5.76. The summed E-state index contributed by atoms with van der Waals surface area (Å²) >= 11 is 1.61. The average molecular weight is 439 g/mol. The molecule has 8 nitrogen and oxygen atoms in total. The van der Waals surface area contributed by atoms with Crippen molar-refractivity contribution >= 4 is 37.5 Å². The molecule has 1 amide bonds. The molecule has 0 saturated carbocycles. The number of aryl methyl sites for hydroxylation is 3. The number of amides is 1. The Morgan fingerprint density at radius 1 is 1.14 bits per heavy atom. The Morgan fingerprint density at radius 3 is 2.72 bits per heavy atom. The van der Waals surface area contributed by atoms with Crippen LogP contribution in [0.1, 0.15) is 41.9 Å². The number of carbonyl (C=O) groups is 1. The number of nitrogens with one attached hydrogen (secondary N) is 1. The van der Waals surface area contributed by atoms with Gasteiger partial charge in [0.1, 0.15) is 10.7 Å². The van der Waals surface area contributed by atoms with E-state index in [0.29, 0.717) is 44.8 Å². The second-order valence-electron chi connectivity index (χ2n) is 7.80. The molecular weight excluding hydrogens is 412 g/mol. The molecule has 0 bridgehead atoms. The highest BCUT2D eigenvalue weighted by Gasteiger charge is 2.24. The maximum absolute atomic E-state index is 12.6. The number of H-pyrrole nitrogens is 1. The molecule has 1 aliphatic heterocycles. The fraction of sp³-hybridized carbons (Fsp3) is 0.632. The molecule has 3 heterocycles. The van der Waals surface area contributed by atoms with Crippen molar-refractivity contribution in [2.45, 2.75) is 44.9 Å². The first-order valence-electron chi connectivity index (χ1n) is 10.1. The highest BCUT2D eigenvalue weighted by Crippen LogP contribution is 2.33. The Labute approximate surface area is 174 Å². The van der Waals surface area contributed by atoms with Crippen molar-refractivity contribution in [3.8, 4) is 0 Å². The highest BCUT2D eigenvalue weighted by atomic mass is 32.2. The Balaban J connectivity index is 1.43. The van der Waals surface area contributed by atoms with Crippen molar-refractivity contribution < 1.29 is 13.2 Å². The van der Waals surface area contributed by atoms with Crippen LogP contribution < -0.4 is 5.56 Å². The first-order chi connectivity index (χ1) is 13.8. The predicted octanol–water partition coefficient (Wildman–Crippen LogP) is 1.29. The zero-order valence-corrected chi connectivity index (χ0v) is 18.2. The number of carbonyl (C=O) groups excluding carboxylic acids is 1. The zero-order chi connectivity index (χ0) is 20.6. The summed E-state index contributed by atoms with van der Waals surface area (Å²) in [4.78, 5) is 36.5. The first-order valence-corrected chi connectivity index (χ1v) is 12.8. The molecule has 0 spiro atoms. The van der Waals surface area contributed by atoms with Crippen LogP contribution in [0.4, 0.5) is 0 Å². The molecule has 0 unspecified atom stereocenters. The number of aromatic nitrogens is 2. The van der Waals surface area contributed by atoms with E-state index in [-0.39, 0.29) is 17.9 Å². The molecule has 2 aromatic heterocycles. The Bertz CT molecular complexity index is 1090. The number of aromatic amines is 1. The first kappa shape index (κ1) is 20.5. The molecule has 2 aliphatic rings. The summed E-state index contributed by atoms with van der Waals surface area (Å²) in [5.74, 6) is 0.510. The van der Waals surface area contributed by atoms with Crippen LogP contribution in [0.5, 0.6) is 0 Å². The third kappa shape index (κ3) is 4.39. The second kappa shape index (κ2) is 8.16. The third-order valence-electron chi connectivity index (χ3n) is 5.73. The minimum atomic E-state index is -3.23. The molecule has 1 aliphatic carbocycles. The maximum Gasteiger partial charge on any atom is 0.259 e. The van der Waals surface area contributed by atoms with Crippen LogP contribution >= 0.6 is 11.3 Å². The summed E-state index contributed by atoms with van der Waals surface area (Å²) in [7, 11) is -3.23. The van der Waals surface area contributed by atoms with Crippen LogP contribution in [0.3, 0.4) is 0 Å². The topological polar surface area (TPSA) is 103 Å². The average Bonchev–Trinajstić information content (AvgIpc) is 2.85. The smallest absolute Gasteiger partial charge is 0.259 e. The van der Waals surface area contributed by atoms with Crippen molar-refractivity contribution in [1.29, 1.82) is 0 Å². The molecule has 2 aromatic rings. The van der Waals surface area contributed by atoms with Gasteiger partial charge in [0, 0.05) is 43.9 Å². The third-order valence-corrected chi connectivity index (χ3v) is 8.22. The molecule has 0 radical (unpaired) electrons. The fourth-order valence-electron chi connectivity index (χ4n) is 4.19. The quantitative estimate of drug-likeness (QED) is 0.775. The predicted molar refractivity (Wildman–Crippen MR) is 113 cm³/mol. The fourth-order valence-corrected chi connectivity index (χ4v) is 6.34. The van der Waals surface area contributed by atoms with E-state index in [1.165, 1.54) is 15.4 Å². The molecule has 1 fully saturated rings. The summed E-state index contributed by atoms with van der Waals surface area (Å²) in [6, 6.07) is 0. The number of thiophene rings is 1. The summed E-state index contributed by atoms with van der Waals surface area (Å²) in [6.07, 6.45) is 6.68. The van der Waals surface area contributed by atoms with Gasteiger partial charge in [0.2, 0.25) is 15.9 Å². The monoisotopic (exact) mass is 438 g/mol. The standard InChI is InChI=1S/C19H26N4O4S2/c1-29(26,27)23-10-4-9-22(11-12-23)16(24)8-7-15-20-18(25)17-13-5-2-3-6-14(13)28-19(17)21-15/h2-12H2,1H3,(H,20,21,25). The number of nitrogens with zero attached hydrogens (tertiary/aromatic N) is 3. The lowest BCUT2D eigenvalue weighted by molar-refractivity contribution is -0.131. The molecular formula is C19H26N4O4S2. The highest BCUT2D eigenvalue weighted by molar-refractivity contribution is 7.88. The van der Waals surface area contributed by atoms with Gasteiger partial charge < -0.3 is 9.88 Å². The van der Waals surface area contributed by atoms with Gasteiger partial charge in [-0.1, -0.05) is 0 Å². The lowest BCUT2D eigenvalue weighted by Gasteiger charge is -2.21. The summed E-state index contributed by atoms with van der Waals surface area (Å²) in [5, 5.41) is 0.730. The molecule has 0 aromatic carbocycles. The number of hydrogen-bond acceptors (Lipinski definition) is 6. The molecule has 4 rings (SSSR count). The van der Waals surface area contributed by atoms with Crippen molar-refractivity contribution in [2.75, 3.05) is 32.4 Å². The second-order valence-corrected chi connectivity index (χ2v) is 10.9. The number of sulfonamides is 1. The van der Waals surface area contributed by atoms with Crippen LogP contribution in [0.2, 0.25) is 0 Å². The van der Waals surface area contributed by atoms with E-state index >= 15 is 0 Å². The van der Waals surface area contributed by atoms with E-state index in [4.69, 9.17) is 0 Å². The zero-order valence-electron chi connectivity index (χ0n) is 16.6. The van der Waals surface area contributed by atoms with Gasteiger partial charge in [-0.05, 0) is 37.7 Å². The van der Waals surface area contributed by atoms with Gasteiger partial charge in [0.05, 0.1) is 11.6 Å². The summed E-state index contributed by atoms with van der Waals surface area (Å²) < 4.78 is 24.9. The van der Waals surface area contributed by atoms with E-state index in [0.717, 1.165) is 41.5 Å². The number of rotatable bonds is 4. The molecule has 10 heteroatoms. The number of fused-ring (bicyclic) bond motifs is 3. The molecule has 0 atom stereocenters. The summed E-state index contributed by atoms with van der Waals surface area (Å²) in [6.45, 7) is 1.71. The molecule has 29 heavy (non-hydrogen) atoms. The van der Waals surface area contributed by atoms with Gasteiger partial charge in [0.15, 0.2) is 0 Å². The van der Waals surface area contributed by atoms with E-state index < -0.39 is 10.0 Å². The van der Waals surface area contributed by atoms with Crippen LogP contribution in [-0.4, -0.2) is 65.9 Å². The van der Waals surface area contributed by atoms with Crippen molar-refractivity contribution in [1.82, 2.24) is 19.2 Å². The normalized spacial score (nSPS) is 18.6. The van der Waals surface area contributed by atoms with Gasteiger partial charge in [-0.3, -0.25) is 9.59 Å². The summed E-state index contributed by atoms with van der Waals surface area (Å²) in [5.41, 5.74) is 1.06. The van der Waals surface area contributed by atoms with Crippen LogP contribution in [-0.2, 0) is 34.1 Å². The van der Waals surface area contributed by atoms with E-state index in [9.17, 15) is 18.0 Å². The maximum atomic E-state index is 12.6. The van der Waals surface area contributed by atoms with E-state index in [1.54, 1.807) is 16.2 Å². The van der Waals surface area contributed by atoms with Crippen LogP contribution in [0.15, 0.2) is 4.79 Å². The van der Waals surface area contributed by atoms with Gasteiger partial charge in [0.25, 0.3) is 5.56 Å². The Morgan fingerprint density at radius 2 is 1.93 bits per heavy atom.